The fraction of sp³-hybridized carbons (Fsp3) is 0.200. The van der Waals surface area contributed by atoms with E-state index in [1.165, 1.54) is 17.8 Å². The van der Waals surface area contributed by atoms with Gasteiger partial charge < -0.3 is 5.32 Å². The molecule has 1 N–H and O–H groups in total. The average Bonchev–Trinajstić information content (AvgIpc) is 2.98. The van der Waals surface area contributed by atoms with Gasteiger partial charge in [0.1, 0.15) is 5.69 Å². The number of para-hydroxylation sites is 1. The summed E-state index contributed by atoms with van der Waals surface area (Å²) in [4.78, 5) is 21.2. The molecule has 3 rings (SSSR count). The number of anilines is 1. The van der Waals surface area contributed by atoms with Crippen LogP contribution in [0.1, 0.15) is 28.4 Å². The lowest BCUT2D eigenvalue weighted by Gasteiger charge is -2.07. The van der Waals surface area contributed by atoms with Crippen LogP contribution >= 0.6 is 11.8 Å². The maximum absolute atomic E-state index is 13.1. The Balaban J connectivity index is 1.97. The van der Waals surface area contributed by atoms with Crippen LogP contribution in [-0.4, -0.2) is 31.7 Å². The van der Waals surface area contributed by atoms with E-state index in [2.05, 4.69) is 20.4 Å². The van der Waals surface area contributed by atoms with E-state index < -0.39 is 12.3 Å². The van der Waals surface area contributed by atoms with Crippen LogP contribution in [0.2, 0.25) is 0 Å². The summed E-state index contributed by atoms with van der Waals surface area (Å²) in [5.41, 5.74) is 0.630. The van der Waals surface area contributed by atoms with Gasteiger partial charge in [-0.25, -0.2) is 13.8 Å². The molecule has 0 radical (unpaired) electrons. The van der Waals surface area contributed by atoms with Crippen molar-refractivity contribution < 1.29 is 13.6 Å². The maximum Gasteiger partial charge on any atom is 0.295 e. The fourth-order valence-corrected chi connectivity index (χ4v) is 2.75. The molecule has 0 saturated carbocycles. The van der Waals surface area contributed by atoms with Crippen molar-refractivity contribution in [2.45, 2.75) is 18.2 Å². The van der Waals surface area contributed by atoms with E-state index in [1.54, 1.807) is 19.1 Å². The number of aromatic nitrogens is 4. The van der Waals surface area contributed by atoms with Crippen molar-refractivity contribution in [3.63, 3.8) is 0 Å². The maximum atomic E-state index is 13.1. The van der Waals surface area contributed by atoms with E-state index in [0.29, 0.717) is 11.4 Å². The van der Waals surface area contributed by atoms with Gasteiger partial charge in [-0.15, -0.1) is 16.9 Å². The molecule has 124 valence electrons. The van der Waals surface area contributed by atoms with Crippen LogP contribution in [0.15, 0.2) is 35.2 Å². The molecule has 0 aliphatic rings. The quantitative estimate of drug-likeness (QED) is 0.732. The Morgan fingerprint density at radius 2 is 2.04 bits per heavy atom. The lowest BCUT2D eigenvalue weighted by Crippen LogP contribution is -2.14. The number of nitrogens with one attached hydrogen (secondary N) is 1. The molecule has 0 aliphatic carbocycles. The van der Waals surface area contributed by atoms with Crippen LogP contribution in [0.4, 0.5) is 14.5 Å². The molecule has 0 unspecified atom stereocenters. The van der Waals surface area contributed by atoms with Crippen molar-refractivity contribution >= 4 is 29.1 Å². The minimum Gasteiger partial charge on any atom is -0.318 e. The van der Waals surface area contributed by atoms with Gasteiger partial charge in [-0.05, 0) is 31.4 Å². The molecule has 24 heavy (non-hydrogen) atoms. The zero-order valence-electron chi connectivity index (χ0n) is 12.8. The molecule has 2 aromatic heterocycles. The fourth-order valence-electron chi connectivity index (χ4n) is 2.19. The standard InChI is InChI=1S/C15H13F2N5OS/c1-8-7-10(12(16)17)22-15(18-8)20-13(21-22)14(23)19-9-5-3-4-6-11(9)24-2/h3-7,12H,1-2H3,(H,19,23). The molecular formula is C15H13F2N5OS. The van der Waals surface area contributed by atoms with E-state index in [-0.39, 0.29) is 17.3 Å². The number of nitrogens with zero attached hydrogens (tertiary/aromatic N) is 4. The zero-order chi connectivity index (χ0) is 17.3. The molecular weight excluding hydrogens is 336 g/mol. The van der Waals surface area contributed by atoms with Crippen molar-refractivity contribution in [2.75, 3.05) is 11.6 Å². The first-order valence-corrected chi connectivity index (χ1v) is 8.19. The summed E-state index contributed by atoms with van der Waals surface area (Å²) in [6, 6.07) is 8.46. The number of rotatable bonds is 4. The number of thioether (sulfide) groups is 1. The number of benzene rings is 1. The summed E-state index contributed by atoms with van der Waals surface area (Å²) in [5, 5.41) is 6.56. The number of carbonyl (C=O) groups excluding carboxylic acids is 1. The first-order valence-electron chi connectivity index (χ1n) is 6.96. The van der Waals surface area contributed by atoms with Crippen LogP contribution in [0, 0.1) is 6.92 Å². The third kappa shape index (κ3) is 3.07. The lowest BCUT2D eigenvalue weighted by atomic mass is 10.3. The Morgan fingerprint density at radius 1 is 1.29 bits per heavy atom. The molecule has 9 heteroatoms. The molecule has 0 bridgehead atoms. The summed E-state index contributed by atoms with van der Waals surface area (Å²) in [7, 11) is 0. The molecule has 1 aromatic carbocycles. The topological polar surface area (TPSA) is 72.2 Å². The largest absolute Gasteiger partial charge is 0.318 e. The first kappa shape index (κ1) is 16.3. The number of fused-ring (bicyclic) bond motifs is 1. The molecule has 6 nitrogen and oxygen atoms in total. The van der Waals surface area contributed by atoms with Gasteiger partial charge in [0.25, 0.3) is 18.1 Å². The predicted molar refractivity (Wildman–Crippen MR) is 86.7 cm³/mol. The van der Waals surface area contributed by atoms with E-state index in [0.717, 1.165) is 9.41 Å². The summed E-state index contributed by atoms with van der Waals surface area (Å²) < 4.78 is 27.1. The summed E-state index contributed by atoms with van der Waals surface area (Å²) in [6.45, 7) is 1.58. The molecule has 0 fully saturated rings. The lowest BCUT2D eigenvalue weighted by molar-refractivity contribution is 0.101. The van der Waals surface area contributed by atoms with Crippen molar-refractivity contribution in [3.8, 4) is 0 Å². The van der Waals surface area contributed by atoms with Gasteiger partial charge in [0.05, 0.1) is 5.69 Å². The Kier molecular flexibility index (Phi) is 4.43. The zero-order valence-corrected chi connectivity index (χ0v) is 13.6. The number of hydrogen-bond donors (Lipinski definition) is 1. The van der Waals surface area contributed by atoms with Crippen LogP contribution in [0.3, 0.4) is 0 Å². The number of aryl methyl sites for hydroxylation is 1. The number of amides is 1. The highest BCUT2D eigenvalue weighted by Gasteiger charge is 2.20. The molecule has 3 aromatic rings. The van der Waals surface area contributed by atoms with Gasteiger partial charge in [0.2, 0.25) is 5.82 Å². The van der Waals surface area contributed by atoms with E-state index in [1.807, 2.05) is 18.4 Å². The van der Waals surface area contributed by atoms with Crippen LogP contribution in [-0.2, 0) is 0 Å². The summed E-state index contributed by atoms with van der Waals surface area (Å²) in [6.07, 6.45) is -0.862. The second kappa shape index (κ2) is 6.52. The highest BCUT2D eigenvalue weighted by Crippen LogP contribution is 2.25. The smallest absolute Gasteiger partial charge is 0.295 e. The Hall–Kier alpha value is -2.55. The summed E-state index contributed by atoms with van der Waals surface area (Å²) in [5.74, 6) is -0.834. The van der Waals surface area contributed by atoms with Gasteiger partial charge in [-0.2, -0.15) is 9.50 Å². The van der Waals surface area contributed by atoms with Crippen molar-refractivity contribution in [3.05, 3.63) is 47.5 Å². The number of alkyl halides is 2. The van der Waals surface area contributed by atoms with Crippen LogP contribution in [0.5, 0.6) is 0 Å². The monoisotopic (exact) mass is 349 g/mol. The minimum absolute atomic E-state index is 0.0337. The molecule has 0 atom stereocenters. The van der Waals surface area contributed by atoms with Gasteiger partial charge in [0, 0.05) is 10.6 Å². The Bertz CT molecular complexity index is 912. The number of carbonyl (C=O) groups is 1. The number of halogens is 2. The molecule has 1 amide bonds. The third-order valence-electron chi connectivity index (χ3n) is 3.25. The second-order valence-corrected chi connectivity index (χ2v) is 5.77. The van der Waals surface area contributed by atoms with Gasteiger partial charge in [-0.3, -0.25) is 4.79 Å². The molecule has 2 heterocycles. The highest BCUT2D eigenvalue weighted by atomic mass is 32.2. The Labute approximate surface area is 140 Å². The van der Waals surface area contributed by atoms with E-state index >= 15 is 0 Å². The Morgan fingerprint density at radius 3 is 2.75 bits per heavy atom. The van der Waals surface area contributed by atoms with Crippen LogP contribution in [0.25, 0.3) is 5.78 Å². The van der Waals surface area contributed by atoms with Gasteiger partial charge in [-0.1, -0.05) is 12.1 Å². The normalized spacial score (nSPS) is 11.2. The van der Waals surface area contributed by atoms with Gasteiger partial charge in [0.15, 0.2) is 0 Å². The average molecular weight is 349 g/mol. The van der Waals surface area contributed by atoms with E-state index in [4.69, 9.17) is 0 Å². The SMILES string of the molecule is CSc1ccccc1NC(=O)c1nc2nc(C)cc(C(F)F)n2n1. The molecule has 0 aliphatic heterocycles. The van der Waals surface area contributed by atoms with Crippen molar-refractivity contribution in [2.24, 2.45) is 0 Å². The van der Waals surface area contributed by atoms with Crippen molar-refractivity contribution in [1.29, 1.82) is 0 Å². The first-order chi connectivity index (χ1) is 11.5. The predicted octanol–water partition coefficient (Wildman–Crippen LogP) is 3.34. The second-order valence-electron chi connectivity index (χ2n) is 4.92. The van der Waals surface area contributed by atoms with E-state index in [9.17, 15) is 13.6 Å². The van der Waals surface area contributed by atoms with Gasteiger partial charge >= 0.3 is 0 Å². The molecule has 0 saturated heterocycles. The van der Waals surface area contributed by atoms with Crippen LogP contribution < -0.4 is 5.32 Å². The molecule has 0 spiro atoms. The number of hydrogen-bond acceptors (Lipinski definition) is 5. The summed E-state index contributed by atoms with van der Waals surface area (Å²) >= 11 is 1.47. The minimum atomic E-state index is -2.75. The van der Waals surface area contributed by atoms with Crippen molar-refractivity contribution in [1.82, 2.24) is 19.6 Å². The highest BCUT2D eigenvalue weighted by molar-refractivity contribution is 7.98. The third-order valence-corrected chi connectivity index (χ3v) is 4.05.